The van der Waals surface area contributed by atoms with Crippen molar-refractivity contribution in [3.63, 3.8) is 0 Å². The molecule has 0 amide bonds. The average Bonchev–Trinajstić information content (AvgIpc) is 2.73. The van der Waals surface area contributed by atoms with Crippen molar-refractivity contribution in [1.82, 2.24) is 13.7 Å². The molecule has 0 aromatic carbocycles. The van der Waals surface area contributed by atoms with Crippen LogP contribution < -0.4 is 5.73 Å². The molecule has 0 unspecified atom stereocenters. The number of anilines is 1. The number of imidazole rings is 1. The van der Waals surface area contributed by atoms with E-state index in [1.807, 2.05) is 20.8 Å². The van der Waals surface area contributed by atoms with Crippen molar-refractivity contribution < 1.29 is 8.42 Å². The average molecular weight is 302 g/mol. The Morgan fingerprint density at radius 2 is 2.11 bits per heavy atom. The molecule has 2 N–H and O–H groups in total. The third kappa shape index (κ3) is 2.60. The molecule has 0 saturated heterocycles. The Morgan fingerprint density at radius 1 is 1.47 bits per heavy atom. The maximum atomic E-state index is 12.6. The van der Waals surface area contributed by atoms with E-state index < -0.39 is 10.0 Å². The summed E-state index contributed by atoms with van der Waals surface area (Å²) in [5.74, 6) is 0.0487. The topological polar surface area (TPSA) is 80.7 Å². The molecule has 0 atom stereocenters. The lowest BCUT2D eigenvalue weighted by Gasteiger charge is -2.25. The fraction of sp³-hybridized carbons (Fsp3) is 0.545. The lowest BCUT2D eigenvalue weighted by atomic mass is 9.97. The van der Waals surface area contributed by atoms with Crippen molar-refractivity contribution in [1.29, 1.82) is 0 Å². The predicted molar refractivity (Wildman–Crippen MR) is 76.8 cm³/mol. The quantitative estimate of drug-likeness (QED) is 0.934. The lowest BCUT2D eigenvalue weighted by Crippen LogP contribution is -2.35. The molecular weight excluding hydrogens is 284 g/mol. The van der Waals surface area contributed by atoms with E-state index in [1.165, 1.54) is 20.0 Å². The van der Waals surface area contributed by atoms with E-state index in [1.54, 1.807) is 18.6 Å². The molecule has 0 aliphatic heterocycles. The standard InChI is InChI=1S/C11H18N4O2S2/c1-11(2,3)7-14(4)19(16,17)9-8(12)13-10-15(9)5-6-18-10/h5-6H,7,12H2,1-4H3. The van der Waals surface area contributed by atoms with Gasteiger partial charge in [-0.2, -0.15) is 4.31 Å². The second-order valence-electron chi connectivity index (χ2n) is 5.68. The van der Waals surface area contributed by atoms with Gasteiger partial charge in [0.2, 0.25) is 0 Å². The zero-order valence-electron chi connectivity index (χ0n) is 11.4. The van der Waals surface area contributed by atoms with Crippen LogP contribution in [0.5, 0.6) is 0 Å². The van der Waals surface area contributed by atoms with Gasteiger partial charge in [-0.1, -0.05) is 20.8 Å². The lowest BCUT2D eigenvalue weighted by molar-refractivity contribution is 0.310. The first-order valence-electron chi connectivity index (χ1n) is 5.80. The summed E-state index contributed by atoms with van der Waals surface area (Å²) in [6, 6.07) is 0. The predicted octanol–water partition coefficient (Wildman–Crippen LogP) is 1.64. The van der Waals surface area contributed by atoms with Crippen LogP contribution >= 0.6 is 11.3 Å². The second-order valence-corrected chi connectivity index (χ2v) is 8.51. The Labute approximate surface area is 116 Å². The molecule has 6 nitrogen and oxygen atoms in total. The van der Waals surface area contributed by atoms with Gasteiger partial charge in [0, 0.05) is 25.2 Å². The van der Waals surface area contributed by atoms with Crippen molar-refractivity contribution in [3.8, 4) is 0 Å². The maximum Gasteiger partial charge on any atom is 0.262 e. The van der Waals surface area contributed by atoms with E-state index in [0.717, 1.165) is 0 Å². The van der Waals surface area contributed by atoms with E-state index in [2.05, 4.69) is 4.98 Å². The largest absolute Gasteiger partial charge is 0.381 e. The number of hydrogen-bond donors (Lipinski definition) is 1. The first kappa shape index (κ1) is 14.3. The van der Waals surface area contributed by atoms with Crippen molar-refractivity contribution in [2.45, 2.75) is 25.8 Å². The number of hydrogen-bond acceptors (Lipinski definition) is 5. The van der Waals surface area contributed by atoms with Gasteiger partial charge in [0.05, 0.1) is 0 Å². The van der Waals surface area contributed by atoms with Crippen molar-refractivity contribution in [2.24, 2.45) is 5.41 Å². The molecule has 0 saturated carbocycles. The molecule has 106 valence electrons. The van der Waals surface area contributed by atoms with E-state index in [-0.39, 0.29) is 16.3 Å². The summed E-state index contributed by atoms with van der Waals surface area (Å²) in [6.45, 7) is 6.36. The maximum absolute atomic E-state index is 12.6. The van der Waals surface area contributed by atoms with Gasteiger partial charge in [0.25, 0.3) is 10.0 Å². The molecule has 0 aliphatic carbocycles. The first-order valence-corrected chi connectivity index (χ1v) is 8.12. The normalized spacial score (nSPS) is 13.5. The monoisotopic (exact) mass is 302 g/mol. The fourth-order valence-electron chi connectivity index (χ4n) is 1.94. The van der Waals surface area contributed by atoms with Crippen LogP contribution in [0, 0.1) is 5.41 Å². The van der Waals surface area contributed by atoms with Gasteiger partial charge in [0.15, 0.2) is 15.8 Å². The number of sulfonamides is 1. The highest BCUT2D eigenvalue weighted by atomic mass is 32.2. The van der Waals surface area contributed by atoms with E-state index in [4.69, 9.17) is 5.73 Å². The summed E-state index contributed by atoms with van der Waals surface area (Å²) in [5.41, 5.74) is 5.62. The van der Waals surface area contributed by atoms with Gasteiger partial charge in [-0.3, -0.25) is 4.40 Å². The Kier molecular flexibility index (Phi) is 3.36. The summed E-state index contributed by atoms with van der Waals surface area (Å²) >= 11 is 1.35. The highest BCUT2D eigenvalue weighted by molar-refractivity contribution is 7.89. The second kappa shape index (κ2) is 4.46. The minimum atomic E-state index is -3.64. The summed E-state index contributed by atoms with van der Waals surface area (Å²) in [6.07, 6.45) is 1.67. The molecule has 0 bridgehead atoms. The molecule has 0 aliphatic rings. The van der Waals surface area contributed by atoms with Crippen LogP contribution in [0.25, 0.3) is 4.96 Å². The summed E-state index contributed by atoms with van der Waals surface area (Å²) < 4.78 is 28.0. The smallest absolute Gasteiger partial charge is 0.262 e. The molecule has 19 heavy (non-hydrogen) atoms. The number of fused-ring (bicyclic) bond motifs is 1. The number of aromatic nitrogens is 2. The third-order valence-corrected chi connectivity index (χ3v) is 5.20. The van der Waals surface area contributed by atoms with Gasteiger partial charge in [-0.05, 0) is 5.41 Å². The molecule has 2 aromatic rings. The van der Waals surface area contributed by atoms with Crippen molar-refractivity contribution >= 4 is 32.1 Å². The molecule has 2 rings (SSSR count). The van der Waals surface area contributed by atoms with Crippen LogP contribution in [0.4, 0.5) is 5.82 Å². The number of thiazole rings is 1. The first-order chi connectivity index (χ1) is 8.63. The van der Waals surface area contributed by atoms with E-state index in [0.29, 0.717) is 11.5 Å². The van der Waals surface area contributed by atoms with Crippen molar-refractivity contribution in [2.75, 3.05) is 19.3 Å². The van der Waals surface area contributed by atoms with Crippen molar-refractivity contribution in [3.05, 3.63) is 11.6 Å². The van der Waals surface area contributed by atoms with E-state index in [9.17, 15) is 8.42 Å². The van der Waals surface area contributed by atoms with Crippen LogP contribution in [-0.2, 0) is 10.0 Å². The minimum absolute atomic E-state index is 0.0487. The number of rotatable bonds is 3. The zero-order chi connectivity index (χ0) is 14.4. The molecule has 8 heteroatoms. The number of nitrogen functional groups attached to an aromatic ring is 1. The summed E-state index contributed by atoms with van der Waals surface area (Å²) in [4.78, 5) is 4.66. The van der Waals surface area contributed by atoms with Gasteiger partial charge < -0.3 is 5.73 Å². The molecule has 0 fully saturated rings. The number of nitrogens with zero attached hydrogens (tertiary/aromatic N) is 3. The SMILES string of the molecule is CN(CC(C)(C)C)S(=O)(=O)c1c(N)nc2sccn12. The van der Waals surface area contributed by atoms with Crippen LogP contribution in [0.1, 0.15) is 20.8 Å². The highest BCUT2D eigenvalue weighted by Gasteiger charge is 2.31. The Balaban J connectivity index is 2.50. The van der Waals surface area contributed by atoms with Gasteiger partial charge >= 0.3 is 0 Å². The highest BCUT2D eigenvalue weighted by Crippen LogP contribution is 2.27. The molecule has 2 heterocycles. The van der Waals surface area contributed by atoms with Gasteiger partial charge in [-0.25, -0.2) is 13.4 Å². The van der Waals surface area contributed by atoms with Crippen LogP contribution in [0.15, 0.2) is 16.6 Å². The number of nitrogens with two attached hydrogens (primary N) is 1. The van der Waals surface area contributed by atoms with Crippen LogP contribution in [0.3, 0.4) is 0 Å². The minimum Gasteiger partial charge on any atom is -0.381 e. The summed E-state index contributed by atoms with van der Waals surface area (Å²) in [7, 11) is -2.08. The van der Waals surface area contributed by atoms with Crippen LogP contribution in [0.2, 0.25) is 0 Å². The molecule has 2 aromatic heterocycles. The Morgan fingerprint density at radius 3 is 2.68 bits per heavy atom. The summed E-state index contributed by atoms with van der Waals surface area (Å²) in [5, 5.41) is 1.83. The third-order valence-electron chi connectivity index (χ3n) is 2.60. The fourth-order valence-corrected chi connectivity index (χ4v) is 4.28. The molecular formula is C11H18N4O2S2. The van der Waals surface area contributed by atoms with Gasteiger partial charge in [-0.15, -0.1) is 11.3 Å². The van der Waals surface area contributed by atoms with Gasteiger partial charge in [0.1, 0.15) is 0 Å². The van der Waals surface area contributed by atoms with E-state index >= 15 is 0 Å². The Bertz CT molecular complexity index is 694. The Hall–Kier alpha value is -1.12. The molecule has 0 spiro atoms. The zero-order valence-corrected chi connectivity index (χ0v) is 13.0. The molecule has 0 radical (unpaired) electrons. The van der Waals surface area contributed by atoms with Crippen LogP contribution in [-0.4, -0.2) is 35.7 Å².